The SMILES string of the molecule is CC.c1ccc2c(c1)CCN(CCC1CCC3(CC1)OCCO3)CC2. The molecule has 3 nitrogen and oxygen atoms in total. The van der Waals surface area contributed by atoms with Gasteiger partial charge in [0, 0.05) is 25.9 Å². The molecule has 1 spiro atoms. The normalized spacial score (nSPS) is 23.6. The summed E-state index contributed by atoms with van der Waals surface area (Å²) in [5.41, 5.74) is 3.12. The Bertz CT molecular complexity index is 488. The summed E-state index contributed by atoms with van der Waals surface area (Å²) in [4.78, 5) is 2.67. The molecular formula is C22H35NO2. The van der Waals surface area contributed by atoms with Crippen LogP contribution < -0.4 is 0 Å². The molecule has 4 rings (SSSR count). The van der Waals surface area contributed by atoms with E-state index in [-0.39, 0.29) is 5.79 Å². The molecule has 2 fully saturated rings. The van der Waals surface area contributed by atoms with E-state index in [9.17, 15) is 0 Å². The number of benzene rings is 1. The molecule has 1 saturated carbocycles. The van der Waals surface area contributed by atoms with E-state index in [1.54, 1.807) is 11.1 Å². The van der Waals surface area contributed by atoms with Crippen molar-refractivity contribution in [1.29, 1.82) is 0 Å². The molecule has 0 N–H and O–H groups in total. The molecule has 0 atom stereocenters. The van der Waals surface area contributed by atoms with Gasteiger partial charge in [0.25, 0.3) is 0 Å². The maximum absolute atomic E-state index is 5.84. The Morgan fingerprint density at radius 1 is 0.960 bits per heavy atom. The van der Waals surface area contributed by atoms with Crippen LogP contribution in [-0.2, 0) is 22.3 Å². The topological polar surface area (TPSA) is 21.7 Å². The van der Waals surface area contributed by atoms with Gasteiger partial charge in [-0.25, -0.2) is 0 Å². The summed E-state index contributed by atoms with van der Waals surface area (Å²) in [5, 5.41) is 0. The summed E-state index contributed by atoms with van der Waals surface area (Å²) < 4.78 is 11.7. The Morgan fingerprint density at radius 2 is 1.52 bits per heavy atom. The number of hydrogen-bond donors (Lipinski definition) is 0. The van der Waals surface area contributed by atoms with E-state index < -0.39 is 0 Å². The first-order valence-electron chi connectivity index (χ1n) is 10.4. The molecule has 140 valence electrons. The minimum absolute atomic E-state index is 0.194. The molecule has 0 amide bonds. The van der Waals surface area contributed by atoms with E-state index in [0.29, 0.717) is 0 Å². The number of nitrogens with zero attached hydrogens (tertiary/aromatic N) is 1. The van der Waals surface area contributed by atoms with E-state index in [4.69, 9.17) is 9.47 Å². The molecule has 0 bridgehead atoms. The van der Waals surface area contributed by atoms with Gasteiger partial charge >= 0.3 is 0 Å². The zero-order valence-electron chi connectivity index (χ0n) is 16.1. The van der Waals surface area contributed by atoms with Gasteiger partial charge in [-0.05, 0) is 55.7 Å². The molecule has 1 aromatic rings. The molecule has 1 saturated heterocycles. The molecule has 3 heteroatoms. The highest BCUT2D eigenvalue weighted by atomic mass is 16.7. The van der Waals surface area contributed by atoms with Gasteiger partial charge in [0.05, 0.1) is 13.2 Å². The highest BCUT2D eigenvalue weighted by Gasteiger charge is 2.40. The average Bonchev–Trinajstić information content (AvgIpc) is 3.02. The summed E-state index contributed by atoms with van der Waals surface area (Å²) in [6.07, 6.45) is 8.51. The van der Waals surface area contributed by atoms with Crippen LogP contribution in [0.25, 0.3) is 0 Å². The molecule has 25 heavy (non-hydrogen) atoms. The largest absolute Gasteiger partial charge is 0.348 e. The molecule has 1 aromatic carbocycles. The lowest BCUT2D eigenvalue weighted by Crippen LogP contribution is -2.36. The van der Waals surface area contributed by atoms with Crippen molar-refractivity contribution in [3.8, 4) is 0 Å². The zero-order chi connectivity index (χ0) is 17.5. The molecule has 2 heterocycles. The number of ether oxygens (including phenoxy) is 2. The number of rotatable bonds is 3. The maximum atomic E-state index is 5.84. The Hall–Kier alpha value is -0.900. The Labute approximate surface area is 153 Å². The minimum Gasteiger partial charge on any atom is -0.348 e. The van der Waals surface area contributed by atoms with E-state index in [1.165, 1.54) is 51.7 Å². The number of fused-ring (bicyclic) bond motifs is 1. The lowest BCUT2D eigenvalue weighted by molar-refractivity contribution is -0.182. The van der Waals surface area contributed by atoms with Crippen LogP contribution in [0.3, 0.4) is 0 Å². The fraction of sp³-hybridized carbons (Fsp3) is 0.727. The standard InChI is InChI=1S/C20H29NO2.C2H6/c1-2-4-19-9-14-21(13-8-18(19)3-1)12-7-17-5-10-20(11-6-17)22-15-16-23-20;1-2/h1-4,17H,5-16H2;1-2H3. The maximum Gasteiger partial charge on any atom is 0.168 e. The van der Waals surface area contributed by atoms with Gasteiger partial charge < -0.3 is 14.4 Å². The predicted octanol–water partition coefficient (Wildman–Crippen LogP) is 4.44. The Morgan fingerprint density at radius 3 is 2.08 bits per heavy atom. The van der Waals surface area contributed by atoms with Crippen molar-refractivity contribution in [2.24, 2.45) is 5.92 Å². The average molecular weight is 346 g/mol. The van der Waals surface area contributed by atoms with Gasteiger partial charge in [-0.2, -0.15) is 0 Å². The second kappa shape index (κ2) is 9.16. The Kier molecular flexibility index (Phi) is 6.92. The van der Waals surface area contributed by atoms with Crippen LogP contribution in [0, 0.1) is 5.92 Å². The lowest BCUT2D eigenvalue weighted by Gasteiger charge is -2.36. The van der Waals surface area contributed by atoms with Crippen molar-refractivity contribution in [3.63, 3.8) is 0 Å². The highest BCUT2D eigenvalue weighted by molar-refractivity contribution is 5.28. The van der Waals surface area contributed by atoms with Gasteiger partial charge in [0.2, 0.25) is 0 Å². The van der Waals surface area contributed by atoms with Crippen LogP contribution in [0.4, 0.5) is 0 Å². The predicted molar refractivity (Wildman–Crippen MR) is 103 cm³/mol. The summed E-state index contributed by atoms with van der Waals surface area (Å²) in [6, 6.07) is 8.97. The molecular weight excluding hydrogens is 310 g/mol. The molecule has 1 aliphatic carbocycles. The van der Waals surface area contributed by atoms with Crippen molar-refractivity contribution in [2.45, 2.75) is 64.6 Å². The van der Waals surface area contributed by atoms with Crippen molar-refractivity contribution in [3.05, 3.63) is 35.4 Å². The third-order valence-corrected chi connectivity index (χ3v) is 6.05. The smallest absolute Gasteiger partial charge is 0.168 e. The van der Waals surface area contributed by atoms with Crippen molar-refractivity contribution >= 4 is 0 Å². The molecule has 0 radical (unpaired) electrons. The first-order chi connectivity index (χ1) is 12.3. The van der Waals surface area contributed by atoms with Crippen LogP contribution in [0.1, 0.15) is 57.1 Å². The first kappa shape index (κ1) is 18.9. The van der Waals surface area contributed by atoms with Gasteiger partial charge in [-0.3, -0.25) is 0 Å². The fourth-order valence-corrected chi connectivity index (χ4v) is 4.49. The first-order valence-corrected chi connectivity index (χ1v) is 10.4. The van der Waals surface area contributed by atoms with Crippen LogP contribution in [0.2, 0.25) is 0 Å². The second-order valence-corrected chi connectivity index (χ2v) is 7.45. The summed E-state index contributed by atoms with van der Waals surface area (Å²) in [6.45, 7) is 9.28. The lowest BCUT2D eigenvalue weighted by atomic mass is 9.83. The van der Waals surface area contributed by atoms with Gasteiger partial charge in [-0.1, -0.05) is 38.1 Å². The van der Waals surface area contributed by atoms with Gasteiger partial charge in [-0.15, -0.1) is 0 Å². The van der Waals surface area contributed by atoms with Gasteiger partial charge in [0.1, 0.15) is 0 Å². The van der Waals surface area contributed by atoms with E-state index in [2.05, 4.69) is 29.2 Å². The second-order valence-electron chi connectivity index (χ2n) is 7.45. The Balaban J connectivity index is 0.000000880. The van der Waals surface area contributed by atoms with Gasteiger partial charge in [0.15, 0.2) is 5.79 Å². The van der Waals surface area contributed by atoms with Crippen molar-refractivity contribution < 1.29 is 9.47 Å². The van der Waals surface area contributed by atoms with E-state index in [1.807, 2.05) is 13.8 Å². The number of hydrogen-bond acceptors (Lipinski definition) is 3. The minimum atomic E-state index is -0.194. The summed E-state index contributed by atoms with van der Waals surface area (Å²) in [7, 11) is 0. The summed E-state index contributed by atoms with van der Waals surface area (Å²) >= 11 is 0. The molecule has 0 unspecified atom stereocenters. The van der Waals surface area contributed by atoms with Crippen LogP contribution in [-0.4, -0.2) is 43.5 Å². The third-order valence-electron chi connectivity index (χ3n) is 6.05. The third kappa shape index (κ3) is 4.84. The van der Waals surface area contributed by atoms with Crippen molar-refractivity contribution in [2.75, 3.05) is 32.8 Å². The van der Waals surface area contributed by atoms with Crippen LogP contribution in [0.5, 0.6) is 0 Å². The zero-order valence-corrected chi connectivity index (χ0v) is 16.1. The van der Waals surface area contributed by atoms with Crippen LogP contribution in [0.15, 0.2) is 24.3 Å². The molecule has 2 aliphatic heterocycles. The van der Waals surface area contributed by atoms with Crippen molar-refractivity contribution in [1.82, 2.24) is 4.90 Å². The summed E-state index contributed by atoms with van der Waals surface area (Å²) in [5.74, 6) is 0.667. The highest BCUT2D eigenvalue weighted by Crippen LogP contribution is 2.39. The quantitative estimate of drug-likeness (QED) is 0.808. The molecule has 0 aromatic heterocycles. The molecule has 3 aliphatic rings. The van der Waals surface area contributed by atoms with Crippen LogP contribution >= 0.6 is 0 Å². The van der Waals surface area contributed by atoms with E-state index in [0.717, 1.165) is 32.0 Å². The fourth-order valence-electron chi connectivity index (χ4n) is 4.49. The monoisotopic (exact) mass is 345 g/mol. The van der Waals surface area contributed by atoms with E-state index >= 15 is 0 Å².